The Labute approximate surface area is 127 Å². The normalized spacial score (nSPS) is 10.7. The highest BCUT2D eigenvalue weighted by molar-refractivity contribution is 6.30. The van der Waals surface area contributed by atoms with Crippen molar-refractivity contribution in [3.05, 3.63) is 58.5 Å². The van der Waals surface area contributed by atoms with E-state index in [1.54, 1.807) is 6.20 Å². The molecule has 104 valence electrons. The molecule has 0 amide bonds. The number of rotatable bonds is 3. The second-order valence-corrected chi connectivity index (χ2v) is 5.37. The monoisotopic (exact) mass is 296 g/mol. The van der Waals surface area contributed by atoms with E-state index in [1.165, 1.54) is 0 Å². The highest BCUT2D eigenvalue weighted by Gasteiger charge is 2.12. The molecule has 0 aliphatic carbocycles. The summed E-state index contributed by atoms with van der Waals surface area (Å²) in [4.78, 5) is 9.03. The molecular weight excluding hydrogens is 284 g/mol. The van der Waals surface area contributed by atoms with Gasteiger partial charge in [-0.1, -0.05) is 23.7 Å². The lowest BCUT2D eigenvalue weighted by atomic mass is 10.1. The van der Waals surface area contributed by atoms with Crippen LogP contribution in [0.1, 0.15) is 17.0 Å². The van der Waals surface area contributed by atoms with Crippen LogP contribution in [-0.4, -0.2) is 14.5 Å². The van der Waals surface area contributed by atoms with Crippen molar-refractivity contribution < 1.29 is 0 Å². The average Bonchev–Trinajstić information content (AvgIpc) is 2.79. The van der Waals surface area contributed by atoms with Gasteiger partial charge in [0.25, 0.3) is 0 Å². The van der Waals surface area contributed by atoms with E-state index in [-0.39, 0.29) is 6.54 Å². The Hall–Kier alpha value is -2.38. The highest BCUT2D eigenvalue weighted by Crippen LogP contribution is 2.19. The van der Waals surface area contributed by atoms with Gasteiger partial charge in [-0.15, -0.1) is 0 Å². The molecule has 0 radical (unpaired) electrons. The summed E-state index contributed by atoms with van der Waals surface area (Å²) in [7, 11) is 0. The fourth-order valence-corrected chi connectivity index (χ4v) is 2.44. The molecule has 3 aromatic rings. The smallest absolute Gasteiger partial charge is 0.160 e. The van der Waals surface area contributed by atoms with Crippen LogP contribution in [0.15, 0.2) is 36.5 Å². The summed E-state index contributed by atoms with van der Waals surface area (Å²) >= 11 is 5.90. The maximum atomic E-state index is 9.04. The number of aryl methyl sites for hydroxylation is 1. The van der Waals surface area contributed by atoms with E-state index < -0.39 is 0 Å². The van der Waals surface area contributed by atoms with Gasteiger partial charge in [-0.25, -0.2) is 9.97 Å². The number of benzene rings is 1. The number of pyridine rings is 1. The lowest BCUT2D eigenvalue weighted by Gasteiger charge is -2.04. The van der Waals surface area contributed by atoms with Gasteiger partial charge < -0.3 is 0 Å². The fraction of sp³-hybridized carbons (Fsp3) is 0.188. The number of hydrogen-bond donors (Lipinski definition) is 0. The lowest BCUT2D eigenvalue weighted by Crippen LogP contribution is -2.04. The maximum absolute atomic E-state index is 9.04. The van der Waals surface area contributed by atoms with Gasteiger partial charge in [-0.3, -0.25) is 4.57 Å². The number of imidazole rings is 1. The predicted octanol–water partition coefficient (Wildman–Crippen LogP) is 3.51. The Bertz CT molecular complexity index is 828. The van der Waals surface area contributed by atoms with Crippen LogP contribution in [0, 0.1) is 18.3 Å². The molecule has 3 rings (SSSR count). The Morgan fingerprint density at radius 3 is 2.76 bits per heavy atom. The number of fused-ring (bicyclic) bond motifs is 1. The van der Waals surface area contributed by atoms with Crippen LogP contribution in [0.3, 0.4) is 0 Å². The van der Waals surface area contributed by atoms with Crippen LogP contribution in [0.5, 0.6) is 0 Å². The first-order chi connectivity index (χ1) is 10.2. The summed E-state index contributed by atoms with van der Waals surface area (Å²) in [6.45, 7) is 2.23. The van der Waals surface area contributed by atoms with Crippen molar-refractivity contribution >= 4 is 22.8 Å². The second-order valence-electron chi connectivity index (χ2n) is 4.93. The van der Waals surface area contributed by atoms with E-state index in [0.717, 1.165) is 28.1 Å². The topological polar surface area (TPSA) is 54.5 Å². The van der Waals surface area contributed by atoms with Gasteiger partial charge in [0, 0.05) is 17.6 Å². The molecule has 21 heavy (non-hydrogen) atoms. The second kappa shape index (κ2) is 5.55. The van der Waals surface area contributed by atoms with Gasteiger partial charge >= 0.3 is 0 Å². The minimum Gasteiger partial charge on any atom is -0.298 e. The zero-order valence-corrected chi connectivity index (χ0v) is 12.3. The third-order valence-electron chi connectivity index (χ3n) is 3.31. The Morgan fingerprint density at radius 2 is 2.05 bits per heavy atom. The molecule has 0 atom stereocenters. The average molecular weight is 297 g/mol. The first-order valence-electron chi connectivity index (χ1n) is 6.60. The summed E-state index contributed by atoms with van der Waals surface area (Å²) < 4.78 is 1.86. The van der Waals surface area contributed by atoms with E-state index in [1.807, 2.05) is 41.8 Å². The quantitative estimate of drug-likeness (QED) is 0.743. The van der Waals surface area contributed by atoms with E-state index >= 15 is 0 Å². The lowest BCUT2D eigenvalue weighted by molar-refractivity contribution is 0.779. The van der Waals surface area contributed by atoms with E-state index in [0.29, 0.717) is 11.4 Å². The molecule has 0 N–H and O–H groups in total. The molecule has 0 aliphatic heterocycles. The molecule has 5 heteroatoms. The van der Waals surface area contributed by atoms with Crippen molar-refractivity contribution in [2.75, 3.05) is 0 Å². The SMILES string of the molecule is Cc1cnc2c(c1)nc(Cc1ccc(Cl)cc1)n2CC#N. The summed E-state index contributed by atoms with van der Waals surface area (Å²) in [5.41, 5.74) is 3.74. The summed E-state index contributed by atoms with van der Waals surface area (Å²) in [6, 6.07) is 11.8. The number of halogens is 1. The van der Waals surface area contributed by atoms with Gasteiger partial charge in [-0.05, 0) is 36.2 Å². The summed E-state index contributed by atoms with van der Waals surface area (Å²) in [6.07, 6.45) is 2.44. The number of hydrogen-bond acceptors (Lipinski definition) is 3. The van der Waals surface area contributed by atoms with Crippen molar-refractivity contribution in [1.82, 2.24) is 14.5 Å². The first kappa shape index (κ1) is 13.6. The van der Waals surface area contributed by atoms with Crippen molar-refractivity contribution in [2.24, 2.45) is 0 Å². The van der Waals surface area contributed by atoms with Crippen molar-refractivity contribution in [2.45, 2.75) is 19.9 Å². The molecule has 4 nitrogen and oxygen atoms in total. The molecule has 0 aliphatic rings. The molecule has 0 unspecified atom stereocenters. The Morgan fingerprint density at radius 1 is 1.29 bits per heavy atom. The molecule has 1 aromatic carbocycles. The Kier molecular flexibility index (Phi) is 3.59. The largest absolute Gasteiger partial charge is 0.298 e. The first-order valence-corrected chi connectivity index (χ1v) is 6.98. The van der Waals surface area contributed by atoms with E-state index in [4.69, 9.17) is 16.9 Å². The van der Waals surface area contributed by atoms with Crippen LogP contribution in [0.25, 0.3) is 11.2 Å². The van der Waals surface area contributed by atoms with E-state index in [2.05, 4.69) is 16.0 Å². The van der Waals surface area contributed by atoms with Gasteiger partial charge in [0.15, 0.2) is 5.65 Å². The minimum absolute atomic E-state index is 0.246. The van der Waals surface area contributed by atoms with Gasteiger partial charge in [0.1, 0.15) is 17.9 Å². The third kappa shape index (κ3) is 2.74. The maximum Gasteiger partial charge on any atom is 0.160 e. The van der Waals surface area contributed by atoms with Gasteiger partial charge in [0.05, 0.1) is 6.07 Å². The fourth-order valence-electron chi connectivity index (χ4n) is 2.32. The number of aromatic nitrogens is 3. The van der Waals surface area contributed by atoms with Gasteiger partial charge in [0.2, 0.25) is 0 Å². The van der Waals surface area contributed by atoms with Crippen LogP contribution in [0.4, 0.5) is 0 Å². The summed E-state index contributed by atoms with van der Waals surface area (Å²) in [5, 5.41) is 9.74. The zero-order valence-electron chi connectivity index (χ0n) is 11.5. The molecule has 2 aromatic heterocycles. The highest BCUT2D eigenvalue weighted by atomic mass is 35.5. The van der Waals surface area contributed by atoms with Crippen LogP contribution in [-0.2, 0) is 13.0 Å². The van der Waals surface area contributed by atoms with Crippen LogP contribution >= 0.6 is 11.6 Å². The molecule has 0 spiro atoms. The minimum atomic E-state index is 0.246. The molecule has 0 bridgehead atoms. The molecular formula is C16H13ClN4. The number of nitriles is 1. The van der Waals surface area contributed by atoms with Crippen molar-refractivity contribution in [1.29, 1.82) is 5.26 Å². The predicted molar refractivity (Wildman–Crippen MR) is 82.1 cm³/mol. The molecule has 0 saturated carbocycles. The summed E-state index contributed by atoms with van der Waals surface area (Å²) in [5.74, 6) is 0.840. The van der Waals surface area contributed by atoms with Crippen molar-refractivity contribution in [3.63, 3.8) is 0 Å². The van der Waals surface area contributed by atoms with Crippen LogP contribution in [0.2, 0.25) is 5.02 Å². The molecule has 0 fully saturated rings. The molecule has 2 heterocycles. The molecule has 0 saturated heterocycles. The van der Waals surface area contributed by atoms with Crippen LogP contribution < -0.4 is 0 Å². The van der Waals surface area contributed by atoms with E-state index in [9.17, 15) is 0 Å². The number of nitrogens with zero attached hydrogens (tertiary/aromatic N) is 4. The van der Waals surface area contributed by atoms with Crippen molar-refractivity contribution in [3.8, 4) is 6.07 Å². The Balaban J connectivity index is 2.06. The standard InChI is InChI=1S/C16H13ClN4/c1-11-8-14-16(19-10-11)21(7-6-18)15(20-14)9-12-2-4-13(17)5-3-12/h2-5,8,10H,7,9H2,1H3. The zero-order chi connectivity index (χ0) is 14.8. The third-order valence-corrected chi connectivity index (χ3v) is 3.56. The van der Waals surface area contributed by atoms with Gasteiger partial charge in [-0.2, -0.15) is 5.26 Å².